The van der Waals surface area contributed by atoms with Gasteiger partial charge in [0.15, 0.2) is 0 Å². The van der Waals surface area contributed by atoms with Gasteiger partial charge in [0, 0.05) is 12.8 Å². The van der Waals surface area contributed by atoms with Crippen LogP contribution in [-0.4, -0.2) is 11.6 Å². The number of nitrogens with two attached hydrogens (primary N) is 1. The molecule has 4 heteroatoms. The minimum Gasteiger partial charge on any atom is -0.412 e. The van der Waals surface area contributed by atoms with Crippen LogP contribution in [0.25, 0.3) is 0 Å². The Morgan fingerprint density at radius 2 is 1.79 bits per heavy atom. The molecule has 102 valence electrons. The number of hydrogen-bond acceptors (Lipinski definition) is 4. The van der Waals surface area contributed by atoms with Crippen molar-refractivity contribution in [2.24, 2.45) is 11.3 Å². The zero-order valence-corrected chi connectivity index (χ0v) is 11.5. The summed E-state index contributed by atoms with van der Waals surface area (Å²) < 4.78 is 0. The van der Waals surface area contributed by atoms with Gasteiger partial charge in [-0.05, 0) is 35.6 Å². The summed E-state index contributed by atoms with van der Waals surface area (Å²) in [6.45, 7) is 5.77. The molecule has 0 amide bonds. The fourth-order valence-electron chi connectivity index (χ4n) is 2.78. The van der Waals surface area contributed by atoms with Crippen LogP contribution in [0.15, 0.2) is 18.2 Å². The van der Waals surface area contributed by atoms with Crippen LogP contribution in [0.2, 0.25) is 0 Å². The molecule has 1 aliphatic carbocycles. The van der Waals surface area contributed by atoms with E-state index in [4.69, 9.17) is 5.90 Å². The Kier molecular flexibility index (Phi) is 3.45. The Balaban J connectivity index is 2.37. The predicted molar refractivity (Wildman–Crippen MR) is 71.8 cm³/mol. The molecule has 4 nitrogen and oxygen atoms in total. The van der Waals surface area contributed by atoms with E-state index in [0.717, 1.165) is 11.1 Å². The molecular weight excluding hydrogens is 242 g/mol. The summed E-state index contributed by atoms with van der Waals surface area (Å²) >= 11 is 0. The molecule has 1 aliphatic rings. The fraction of sp³-hybridized carbons (Fsp3) is 0.467. The van der Waals surface area contributed by atoms with Gasteiger partial charge in [0.2, 0.25) is 0 Å². The van der Waals surface area contributed by atoms with Gasteiger partial charge in [-0.2, -0.15) is 5.90 Å². The second-order valence-electron chi connectivity index (χ2n) is 6.02. The summed E-state index contributed by atoms with van der Waals surface area (Å²) in [5.41, 5.74) is 1.40. The topological polar surface area (TPSA) is 69.4 Å². The second-order valence-corrected chi connectivity index (χ2v) is 6.02. The molecule has 2 rings (SSSR count). The summed E-state index contributed by atoms with van der Waals surface area (Å²) in [7, 11) is 0. The summed E-state index contributed by atoms with van der Waals surface area (Å²) in [6.07, 6.45) is 0.885. The van der Waals surface area contributed by atoms with Gasteiger partial charge in [-0.25, -0.2) is 0 Å². The van der Waals surface area contributed by atoms with Crippen molar-refractivity contribution in [3.05, 3.63) is 29.3 Å². The van der Waals surface area contributed by atoms with E-state index in [1.54, 1.807) is 18.2 Å². The lowest BCUT2D eigenvalue weighted by atomic mass is 9.69. The van der Waals surface area contributed by atoms with Gasteiger partial charge < -0.3 is 4.84 Å². The maximum atomic E-state index is 12.3. The molecule has 1 aromatic rings. The lowest BCUT2D eigenvalue weighted by Crippen LogP contribution is -2.36. The number of aryl methyl sites for hydroxylation is 1. The number of hydrogen-bond donors (Lipinski definition) is 1. The van der Waals surface area contributed by atoms with Crippen molar-refractivity contribution in [1.29, 1.82) is 0 Å². The van der Waals surface area contributed by atoms with E-state index >= 15 is 0 Å². The van der Waals surface area contributed by atoms with Gasteiger partial charge in [0.05, 0.1) is 0 Å². The van der Waals surface area contributed by atoms with Crippen molar-refractivity contribution in [3.8, 4) is 5.75 Å². The maximum Gasteiger partial charge on any atom is 0.148 e. The van der Waals surface area contributed by atoms with E-state index in [2.05, 4.69) is 4.84 Å². The first-order valence-electron chi connectivity index (χ1n) is 6.37. The van der Waals surface area contributed by atoms with Crippen LogP contribution in [0.3, 0.4) is 0 Å². The fourth-order valence-corrected chi connectivity index (χ4v) is 2.78. The SMILES string of the molecule is Cc1cc(ON)ccc1C1C(=O)CC(C)(C)CC1=O. The maximum absolute atomic E-state index is 12.3. The van der Waals surface area contributed by atoms with Crippen molar-refractivity contribution in [1.82, 2.24) is 0 Å². The molecule has 0 heterocycles. The first-order valence-corrected chi connectivity index (χ1v) is 6.37. The highest BCUT2D eigenvalue weighted by atomic mass is 16.6. The minimum absolute atomic E-state index is 0.00534. The van der Waals surface area contributed by atoms with Crippen molar-refractivity contribution < 1.29 is 14.4 Å². The highest BCUT2D eigenvalue weighted by Crippen LogP contribution is 2.39. The largest absolute Gasteiger partial charge is 0.412 e. The zero-order valence-electron chi connectivity index (χ0n) is 11.5. The van der Waals surface area contributed by atoms with E-state index in [0.29, 0.717) is 18.6 Å². The van der Waals surface area contributed by atoms with Crippen LogP contribution < -0.4 is 10.7 Å². The molecule has 0 radical (unpaired) electrons. The number of Topliss-reactive ketones (excluding diaryl/α,β-unsaturated/α-hetero) is 2. The first-order chi connectivity index (χ1) is 8.84. The van der Waals surface area contributed by atoms with Crippen molar-refractivity contribution in [3.63, 3.8) is 0 Å². The van der Waals surface area contributed by atoms with E-state index in [9.17, 15) is 9.59 Å². The van der Waals surface area contributed by atoms with E-state index in [1.807, 2.05) is 20.8 Å². The Bertz CT molecular complexity index is 514. The van der Waals surface area contributed by atoms with Crippen molar-refractivity contribution in [2.45, 2.75) is 39.5 Å². The molecule has 0 saturated heterocycles. The third kappa shape index (κ3) is 2.68. The normalized spacial score (nSPS) is 19.6. The van der Waals surface area contributed by atoms with Crippen LogP contribution in [0.5, 0.6) is 5.75 Å². The average molecular weight is 261 g/mol. The third-order valence-corrected chi connectivity index (χ3v) is 3.64. The van der Waals surface area contributed by atoms with Gasteiger partial charge in [-0.1, -0.05) is 19.9 Å². The molecule has 1 saturated carbocycles. The van der Waals surface area contributed by atoms with Gasteiger partial charge in [-0.15, -0.1) is 0 Å². The molecule has 0 bridgehead atoms. The molecule has 0 unspecified atom stereocenters. The Morgan fingerprint density at radius 3 is 2.26 bits per heavy atom. The minimum atomic E-state index is -0.625. The molecule has 0 spiro atoms. The lowest BCUT2D eigenvalue weighted by Gasteiger charge is -2.32. The molecule has 0 aromatic heterocycles. The van der Waals surface area contributed by atoms with E-state index in [-0.39, 0.29) is 17.0 Å². The highest BCUT2D eigenvalue weighted by Gasteiger charge is 2.40. The van der Waals surface area contributed by atoms with E-state index < -0.39 is 5.92 Å². The van der Waals surface area contributed by atoms with Crippen LogP contribution in [0, 0.1) is 12.3 Å². The summed E-state index contributed by atoms with van der Waals surface area (Å²) in [4.78, 5) is 29.2. The first kappa shape index (κ1) is 13.7. The van der Waals surface area contributed by atoms with Crippen molar-refractivity contribution in [2.75, 3.05) is 0 Å². The highest BCUT2D eigenvalue weighted by molar-refractivity contribution is 6.10. The van der Waals surface area contributed by atoms with Gasteiger partial charge in [-0.3, -0.25) is 9.59 Å². The van der Waals surface area contributed by atoms with Crippen LogP contribution in [-0.2, 0) is 9.59 Å². The summed E-state index contributed by atoms with van der Waals surface area (Å²) in [6, 6.07) is 5.19. The monoisotopic (exact) mass is 261 g/mol. The Morgan fingerprint density at radius 1 is 1.21 bits per heavy atom. The van der Waals surface area contributed by atoms with E-state index in [1.165, 1.54) is 0 Å². The zero-order chi connectivity index (χ0) is 14.2. The Labute approximate surface area is 112 Å². The molecule has 19 heavy (non-hydrogen) atoms. The molecule has 2 N–H and O–H groups in total. The summed E-state index contributed by atoms with van der Waals surface area (Å²) in [5, 5.41) is 0. The number of rotatable bonds is 2. The molecular formula is C15H19NO3. The smallest absolute Gasteiger partial charge is 0.148 e. The van der Waals surface area contributed by atoms with Crippen LogP contribution in [0.4, 0.5) is 0 Å². The molecule has 1 aromatic carbocycles. The summed E-state index contributed by atoms with van der Waals surface area (Å²) in [5.74, 6) is 5.01. The lowest BCUT2D eigenvalue weighted by molar-refractivity contribution is -0.135. The second kappa shape index (κ2) is 4.78. The van der Waals surface area contributed by atoms with Crippen molar-refractivity contribution >= 4 is 11.6 Å². The van der Waals surface area contributed by atoms with Gasteiger partial charge >= 0.3 is 0 Å². The third-order valence-electron chi connectivity index (χ3n) is 3.64. The molecule has 1 fully saturated rings. The van der Waals surface area contributed by atoms with Crippen LogP contribution in [0.1, 0.15) is 43.7 Å². The average Bonchev–Trinajstić information content (AvgIpc) is 2.28. The van der Waals surface area contributed by atoms with Gasteiger partial charge in [0.1, 0.15) is 23.2 Å². The number of carbonyl (C=O) groups is 2. The van der Waals surface area contributed by atoms with Gasteiger partial charge in [0.25, 0.3) is 0 Å². The number of ketones is 2. The number of carbonyl (C=O) groups excluding carboxylic acids is 2. The molecule has 0 aliphatic heterocycles. The number of benzene rings is 1. The quantitative estimate of drug-likeness (QED) is 0.655. The molecule has 0 atom stereocenters. The van der Waals surface area contributed by atoms with Crippen LogP contribution >= 0.6 is 0 Å². The predicted octanol–water partition coefficient (Wildman–Crippen LogP) is 2.29. The Hall–Kier alpha value is -1.68. The standard InChI is InChI=1S/C15H19NO3/c1-9-6-10(19-16)4-5-11(9)14-12(17)7-15(2,3)8-13(14)18/h4-6,14H,7-8,16H2,1-3H3.